The Morgan fingerprint density at radius 2 is 1.89 bits per heavy atom. The van der Waals surface area contributed by atoms with Gasteiger partial charge in [0, 0.05) is 30.1 Å². The summed E-state index contributed by atoms with van der Waals surface area (Å²) in [5.41, 5.74) is 3.50. The molecule has 0 N–H and O–H groups in total. The molecule has 0 spiro atoms. The van der Waals surface area contributed by atoms with E-state index in [-0.39, 0.29) is 12.0 Å². The molecule has 0 aliphatic carbocycles. The summed E-state index contributed by atoms with van der Waals surface area (Å²) in [6, 6.07) is 19.7. The lowest BCUT2D eigenvalue weighted by Crippen LogP contribution is -2.40. The molecule has 1 atom stereocenters. The van der Waals surface area contributed by atoms with Crippen molar-refractivity contribution in [1.29, 1.82) is 0 Å². The topological polar surface area (TPSA) is 51.7 Å². The number of carbonyl (C=O) groups excluding carboxylic acids is 1. The molecule has 1 saturated heterocycles. The second kappa shape index (κ2) is 7.86. The zero-order chi connectivity index (χ0) is 18.6. The monoisotopic (exact) mass is 362 g/mol. The van der Waals surface area contributed by atoms with E-state index in [1.807, 2.05) is 54.6 Å². The SMILES string of the molecule is CN(C[C@H]1COCCO1)C(=O)c1ccc(-c2ccc3ccccc3n2)cc1. The molecule has 3 aromatic rings. The molecule has 1 amide bonds. The summed E-state index contributed by atoms with van der Waals surface area (Å²) in [4.78, 5) is 19.0. The average Bonchev–Trinajstić information content (AvgIpc) is 2.73. The smallest absolute Gasteiger partial charge is 0.253 e. The van der Waals surface area contributed by atoms with Gasteiger partial charge in [0.1, 0.15) is 0 Å². The van der Waals surface area contributed by atoms with E-state index in [2.05, 4.69) is 6.07 Å². The third kappa shape index (κ3) is 3.99. The number of para-hydroxylation sites is 1. The van der Waals surface area contributed by atoms with Gasteiger partial charge in [-0.1, -0.05) is 36.4 Å². The number of amides is 1. The Labute approximate surface area is 158 Å². The predicted octanol–water partition coefficient (Wildman–Crippen LogP) is 3.39. The summed E-state index contributed by atoms with van der Waals surface area (Å²) < 4.78 is 11.0. The van der Waals surface area contributed by atoms with Crippen LogP contribution in [0.1, 0.15) is 10.4 Å². The van der Waals surface area contributed by atoms with E-state index in [0.717, 1.165) is 22.2 Å². The first-order chi connectivity index (χ1) is 13.2. The van der Waals surface area contributed by atoms with Crippen LogP contribution in [0.25, 0.3) is 22.2 Å². The van der Waals surface area contributed by atoms with Gasteiger partial charge in [-0.3, -0.25) is 4.79 Å². The van der Waals surface area contributed by atoms with Crippen LogP contribution >= 0.6 is 0 Å². The lowest BCUT2D eigenvalue weighted by molar-refractivity contribution is -0.0933. The molecule has 1 fully saturated rings. The van der Waals surface area contributed by atoms with Gasteiger partial charge in [-0.25, -0.2) is 4.98 Å². The number of fused-ring (bicyclic) bond motifs is 1. The summed E-state index contributed by atoms with van der Waals surface area (Å²) >= 11 is 0. The molecule has 27 heavy (non-hydrogen) atoms. The Morgan fingerprint density at radius 1 is 1.07 bits per heavy atom. The molecular weight excluding hydrogens is 340 g/mol. The molecule has 1 aliphatic heterocycles. The van der Waals surface area contributed by atoms with Crippen molar-refractivity contribution in [1.82, 2.24) is 9.88 Å². The van der Waals surface area contributed by atoms with Gasteiger partial charge in [0.15, 0.2) is 0 Å². The first-order valence-electron chi connectivity index (χ1n) is 9.12. The van der Waals surface area contributed by atoms with E-state index in [0.29, 0.717) is 31.9 Å². The first-order valence-corrected chi connectivity index (χ1v) is 9.12. The normalized spacial score (nSPS) is 17.0. The molecule has 1 aliphatic rings. The van der Waals surface area contributed by atoms with Crippen molar-refractivity contribution in [3.63, 3.8) is 0 Å². The molecule has 0 saturated carbocycles. The number of nitrogens with zero attached hydrogens (tertiary/aromatic N) is 2. The molecule has 1 aromatic heterocycles. The van der Waals surface area contributed by atoms with Crippen LogP contribution in [-0.2, 0) is 9.47 Å². The standard InChI is InChI=1S/C22H22N2O3/c1-24(14-19-15-26-12-13-27-19)22(25)18-8-6-17(7-9-18)21-11-10-16-4-2-3-5-20(16)23-21/h2-11,19H,12-15H2,1H3/t19-/m0/s1. The van der Waals surface area contributed by atoms with E-state index >= 15 is 0 Å². The molecule has 2 heterocycles. The van der Waals surface area contributed by atoms with E-state index in [1.54, 1.807) is 11.9 Å². The number of pyridine rings is 1. The Balaban J connectivity index is 1.48. The van der Waals surface area contributed by atoms with Gasteiger partial charge in [-0.05, 0) is 24.3 Å². The van der Waals surface area contributed by atoms with Crippen LogP contribution < -0.4 is 0 Å². The number of hydrogen-bond acceptors (Lipinski definition) is 4. The molecule has 138 valence electrons. The van der Waals surface area contributed by atoms with Crippen molar-refractivity contribution in [2.75, 3.05) is 33.4 Å². The van der Waals surface area contributed by atoms with Gasteiger partial charge in [0.2, 0.25) is 0 Å². The van der Waals surface area contributed by atoms with Crippen molar-refractivity contribution in [3.8, 4) is 11.3 Å². The van der Waals surface area contributed by atoms with E-state index in [4.69, 9.17) is 14.5 Å². The fraction of sp³-hybridized carbons (Fsp3) is 0.273. The van der Waals surface area contributed by atoms with Crippen LogP contribution in [-0.4, -0.2) is 55.3 Å². The Kier molecular flexibility index (Phi) is 5.14. The summed E-state index contributed by atoms with van der Waals surface area (Å²) in [7, 11) is 1.79. The van der Waals surface area contributed by atoms with E-state index < -0.39 is 0 Å². The van der Waals surface area contributed by atoms with Crippen molar-refractivity contribution in [3.05, 3.63) is 66.2 Å². The van der Waals surface area contributed by atoms with Crippen LogP contribution in [0.15, 0.2) is 60.7 Å². The molecule has 5 nitrogen and oxygen atoms in total. The fourth-order valence-electron chi connectivity index (χ4n) is 3.26. The predicted molar refractivity (Wildman–Crippen MR) is 105 cm³/mol. The number of aromatic nitrogens is 1. The minimum Gasteiger partial charge on any atom is -0.376 e. The maximum atomic E-state index is 12.7. The fourth-order valence-corrected chi connectivity index (χ4v) is 3.26. The summed E-state index contributed by atoms with van der Waals surface area (Å²) in [5, 5.41) is 1.11. The quantitative estimate of drug-likeness (QED) is 0.714. The zero-order valence-corrected chi connectivity index (χ0v) is 15.3. The molecule has 0 unspecified atom stereocenters. The Morgan fingerprint density at radius 3 is 2.67 bits per heavy atom. The van der Waals surface area contributed by atoms with E-state index in [9.17, 15) is 4.79 Å². The lowest BCUT2D eigenvalue weighted by Gasteiger charge is -2.27. The second-order valence-electron chi connectivity index (χ2n) is 6.72. The third-order valence-electron chi connectivity index (χ3n) is 4.74. The zero-order valence-electron chi connectivity index (χ0n) is 15.3. The van der Waals surface area contributed by atoms with Crippen LogP contribution in [0, 0.1) is 0 Å². The van der Waals surface area contributed by atoms with Crippen molar-refractivity contribution < 1.29 is 14.3 Å². The molecular formula is C22H22N2O3. The minimum absolute atomic E-state index is 0.0257. The first kappa shape index (κ1) is 17.6. The largest absolute Gasteiger partial charge is 0.376 e. The van der Waals surface area contributed by atoms with Crippen LogP contribution in [0.3, 0.4) is 0 Å². The van der Waals surface area contributed by atoms with Crippen LogP contribution in [0.5, 0.6) is 0 Å². The number of benzene rings is 2. The second-order valence-corrected chi connectivity index (χ2v) is 6.72. The Bertz CT molecular complexity index is 934. The molecule has 5 heteroatoms. The van der Waals surface area contributed by atoms with Crippen molar-refractivity contribution in [2.24, 2.45) is 0 Å². The number of ether oxygens (including phenoxy) is 2. The number of rotatable bonds is 4. The van der Waals surface area contributed by atoms with Gasteiger partial charge in [-0.2, -0.15) is 0 Å². The van der Waals surface area contributed by atoms with Crippen LogP contribution in [0.4, 0.5) is 0 Å². The lowest BCUT2D eigenvalue weighted by atomic mass is 10.1. The van der Waals surface area contributed by atoms with Crippen LogP contribution in [0.2, 0.25) is 0 Å². The van der Waals surface area contributed by atoms with Gasteiger partial charge in [0.05, 0.1) is 37.1 Å². The minimum atomic E-state index is -0.0613. The van der Waals surface area contributed by atoms with Gasteiger partial charge < -0.3 is 14.4 Å². The average molecular weight is 362 g/mol. The summed E-state index contributed by atoms with van der Waals surface area (Å²) in [5.74, 6) is -0.0257. The van der Waals surface area contributed by atoms with Gasteiger partial charge in [-0.15, -0.1) is 0 Å². The van der Waals surface area contributed by atoms with Crippen molar-refractivity contribution in [2.45, 2.75) is 6.10 Å². The molecule has 2 aromatic carbocycles. The van der Waals surface area contributed by atoms with Gasteiger partial charge >= 0.3 is 0 Å². The maximum absolute atomic E-state index is 12.7. The molecule has 4 rings (SSSR count). The maximum Gasteiger partial charge on any atom is 0.253 e. The third-order valence-corrected chi connectivity index (χ3v) is 4.74. The number of likely N-dealkylation sites (N-methyl/N-ethyl adjacent to an activating group) is 1. The number of hydrogen-bond donors (Lipinski definition) is 0. The highest BCUT2D eigenvalue weighted by Crippen LogP contribution is 2.21. The van der Waals surface area contributed by atoms with Gasteiger partial charge in [0.25, 0.3) is 5.91 Å². The Hall–Kier alpha value is -2.76. The highest BCUT2D eigenvalue weighted by molar-refractivity contribution is 5.94. The highest BCUT2D eigenvalue weighted by Gasteiger charge is 2.20. The van der Waals surface area contributed by atoms with Crippen molar-refractivity contribution >= 4 is 16.8 Å². The summed E-state index contributed by atoms with van der Waals surface area (Å²) in [6.45, 7) is 2.26. The molecule has 0 bridgehead atoms. The molecule has 0 radical (unpaired) electrons. The summed E-state index contributed by atoms with van der Waals surface area (Å²) in [6.07, 6.45) is -0.0613. The van der Waals surface area contributed by atoms with E-state index in [1.165, 1.54) is 0 Å². The number of carbonyl (C=O) groups is 1. The highest BCUT2D eigenvalue weighted by atomic mass is 16.6.